The zero-order chi connectivity index (χ0) is 14.5. The molecule has 1 heterocycles. The van der Waals surface area contributed by atoms with Crippen LogP contribution in [0.5, 0.6) is 11.5 Å². The maximum absolute atomic E-state index is 10.7. The van der Waals surface area contributed by atoms with Crippen molar-refractivity contribution in [3.8, 4) is 11.5 Å². The van der Waals surface area contributed by atoms with Crippen LogP contribution in [0.2, 0.25) is 0 Å². The van der Waals surface area contributed by atoms with Crippen molar-refractivity contribution >= 4 is 17.3 Å². The van der Waals surface area contributed by atoms with Crippen molar-refractivity contribution in [1.82, 2.24) is 4.98 Å². The minimum absolute atomic E-state index is 0.0335. The first-order valence-electron chi connectivity index (χ1n) is 5.72. The molecule has 20 heavy (non-hydrogen) atoms. The summed E-state index contributed by atoms with van der Waals surface area (Å²) in [6.07, 6.45) is 0. The van der Waals surface area contributed by atoms with Gasteiger partial charge in [-0.05, 0) is 17.7 Å². The minimum Gasteiger partial charge on any atom is -0.493 e. The Bertz CT molecular complexity index is 611. The highest BCUT2D eigenvalue weighted by Gasteiger charge is 2.11. The van der Waals surface area contributed by atoms with Crippen molar-refractivity contribution in [2.75, 3.05) is 7.11 Å². The fourth-order valence-corrected chi connectivity index (χ4v) is 2.19. The molecule has 1 aromatic heterocycles. The van der Waals surface area contributed by atoms with E-state index in [0.717, 1.165) is 16.9 Å². The van der Waals surface area contributed by atoms with E-state index < -0.39 is 5.97 Å². The van der Waals surface area contributed by atoms with Gasteiger partial charge in [0.05, 0.1) is 19.4 Å². The van der Waals surface area contributed by atoms with Crippen LogP contribution in [0.1, 0.15) is 21.1 Å². The predicted molar refractivity (Wildman–Crippen MR) is 72.3 cm³/mol. The molecule has 0 spiro atoms. The molecule has 1 aromatic carbocycles. The number of rotatable bonds is 6. The smallest absolute Gasteiger partial charge is 0.365 e. The molecule has 0 fully saturated rings. The maximum atomic E-state index is 10.7. The van der Waals surface area contributed by atoms with Crippen LogP contribution in [0.4, 0.5) is 0 Å². The number of aliphatic hydroxyl groups is 1. The third kappa shape index (κ3) is 3.25. The van der Waals surface area contributed by atoms with Gasteiger partial charge in [0.2, 0.25) is 5.01 Å². The molecule has 0 aliphatic rings. The van der Waals surface area contributed by atoms with Gasteiger partial charge < -0.3 is 19.7 Å². The molecular weight excluding hydrogens is 282 g/mol. The number of hydrogen-bond acceptors (Lipinski definition) is 6. The molecule has 2 aromatic rings. The lowest BCUT2D eigenvalue weighted by atomic mass is 10.2. The van der Waals surface area contributed by atoms with Gasteiger partial charge in [0.25, 0.3) is 0 Å². The summed E-state index contributed by atoms with van der Waals surface area (Å²) >= 11 is 1.05. The molecule has 0 aliphatic heterocycles. The second-order valence-electron chi connectivity index (χ2n) is 3.88. The highest BCUT2D eigenvalue weighted by molar-refractivity contribution is 7.11. The molecular formula is C13H13NO5S. The van der Waals surface area contributed by atoms with E-state index in [-0.39, 0.29) is 18.2 Å². The molecule has 0 amide bonds. The quantitative estimate of drug-likeness (QED) is 0.846. The van der Waals surface area contributed by atoms with Crippen molar-refractivity contribution < 1.29 is 24.5 Å². The average Bonchev–Trinajstić information content (AvgIpc) is 2.94. The molecule has 0 saturated carbocycles. The van der Waals surface area contributed by atoms with Crippen molar-refractivity contribution in [3.63, 3.8) is 0 Å². The van der Waals surface area contributed by atoms with Gasteiger partial charge in [-0.25, -0.2) is 9.78 Å². The summed E-state index contributed by atoms with van der Waals surface area (Å²) in [4.78, 5) is 14.7. The minimum atomic E-state index is -1.05. The highest BCUT2D eigenvalue weighted by atomic mass is 32.1. The van der Waals surface area contributed by atoms with Crippen molar-refractivity contribution in [1.29, 1.82) is 0 Å². The number of nitrogens with zero attached hydrogens (tertiary/aromatic N) is 1. The predicted octanol–water partition coefficient (Wildman–Crippen LogP) is 1.92. The van der Waals surface area contributed by atoms with Crippen LogP contribution in [0.3, 0.4) is 0 Å². The van der Waals surface area contributed by atoms with Crippen molar-refractivity contribution in [3.05, 3.63) is 39.8 Å². The van der Waals surface area contributed by atoms with Gasteiger partial charge in [-0.3, -0.25) is 0 Å². The summed E-state index contributed by atoms with van der Waals surface area (Å²) in [5.74, 6) is -0.0362. The third-order valence-corrected chi connectivity index (χ3v) is 3.40. The van der Waals surface area contributed by atoms with E-state index in [1.54, 1.807) is 23.6 Å². The number of thiazole rings is 1. The van der Waals surface area contributed by atoms with Crippen molar-refractivity contribution in [2.45, 2.75) is 13.2 Å². The van der Waals surface area contributed by atoms with Gasteiger partial charge in [0, 0.05) is 5.38 Å². The van der Waals surface area contributed by atoms with Crippen LogP contribution in [0.25, 0.3) is 0 Å². The molecule has 106 valence electrons. The molecule has 2 rings (SSSR count). The molecule has 7 heteroatoms. The number of aromatic nitrogens is 1. The molecule has 0 bridgehead atoms. The van der Waals surface area contributed by atoms with Crippen LogP contribution in [-0.2, 0) is 13.2 Å². The Balaban J connectivity index is 2.07. The molecule has 0 radical (unpaired) electrons. The summed E-state index contributed by atoms with van der Waals surface area (Å²) in [5.41, 5.74) is 1.26. The maximum Gasteiger partial charge on any atom is 0.365 e. The lowest BCUT2D eigenvalue weighted by Gasteiger charge is -2.10. The lowest BCUT2D eigenvalue weighted by molar-refractivity contribution is 0.0696. The second-order valence-corrected chi connectivity index (χ2v) is 4.74. The summed E-state index contributed by atoms with van der Waals surface area (Å²) < 4.78 is 10.7. The zero-order valence-electron chi connectivity index (χ0n) is 10.7. The Morgan fingerprint density at radius 1 is 1.40 bits per heavy atom. The Morgan fingerprint density at radius 3 is 2.80 bits per heavy atom. The number of carboxylic acids is 1. The van der Waals surface area contributed by atoms with Crippen LogP contribution in [0.15, 0.2) is 23.6 Å². The summed E-state index contributed by atoms with van der Waals surface area (Å²) in [6, 6.07) is 5.09. The summed E-state index contributed by atoms with van der Waals surface area (Å²) in [5, 5.41) is 19.5. The number of methoxy groups -OCH3 is 1. The Labute approximate surface area is 119 Å². The molecule has 0 saturated heterocycles. The molecule has 0 aliphatic carbocycles. The van der Waals surface area contributed by atoms with Gasteiger partial charge in [0.15, 0.2) is 11.5 Å². The molecule has 0 unspecified atom stereocenters. The number of aliphatic hydroxyl groups excluding tert-OH is 1. The monoisotopic (exact) mass is 295 g/mol. The van der Waals surface area contributed by atoms with Gasteiger partial charge >= 0.3 is 5.97 Å². The Morgan fingerprint density at radius 2 is 2.20 bits per heavy atom. The fraction of sp³-hybridized carbons (Fsp3) is 0.231. The van der Waals surface area contributed by atoms with E-state index in [4.69, 9.17) is 19.7 Å². The summed E-state index contributed by atoms with van der Waals surface area (Å²) in [6.45, 7) is 0.0727. The third-order valence-electron chi connectivity index (χ3n) is 2.52. The SMILES string of the molecule is COc1cc(CO)ccc1OCc1csc(C(=O)O)n1. The number of ether oxygens (including phenoxy) is 2. The normalized spacial score (nSPS) is 10.3. The standard InChI is InChI=1S/C13H13NO5S/c1-18-11-4-8(5-15)2-3-10(11)19-6-9-7-20-12(14-9)13(16)17/h2-4,7,15H,5-6H2,1H3,(H,16,17). The Kier molecular flexibility index (Phi) is 4.54. The number of benzene rings is 1. The van der Waals surface area contributed by atoms with E-state index in [1.165, 1.54) is 7.11 Å². The highest BCUT2D eigenvalue weighted by Crippen LogP contribution is 2.29. The van der Waals surface area contributed by atoms with E-state index in [1.807, 2.05) is 0 Å². The number of aromatic carboxylic acids is 1. The van der Waals surface area contributed by atoms with E-state index in [2.05, 4.69) is 4.98 Å². The fourth-order valence-electron chi connectivity index (χ4n) is 1.55. The first kappa shape index (κ1) is 14.3. The van der Waals surface area contributed by atoms with Gasteiger partial charge in [-0.1, -0.05) is 6.07 Å². The van der Waals surface area contributed by atoms with Gasteiger partial charge in [0.1, 0.15) is 6.61 Å². The van der Waals surface area contributed by atoms with Crippen molar-refractivity contribution in [2.24, 2.45) is 0 Å². The largest absolute Gasteiger partial charge is 0.493 e. The van der Waals surface area contributed by atoms with E-state index in [9.17, 15) is 4.79 Å². The average molecular weight is 295 g/mol. The number of hydrogen-bond donors (Lipinski definition) is 2. The van der Waals surface area contributed by atoms with Crippen LogP contribution in [-0.4, -0.2) is 28.3 Å². The second kappa shape index (κ2) is 6.36. The van der Waals surface area contributed by atoms with Gasteiger partial charge in [-0.15, -0.1) is 11.3 Å². The Hall–Kier alpha value is -2.12. The summed E-state index contributed by atoms with van der Waals surface area (Å²) in [7, 11) is 1.51. The van der Waals surface area contributed by atoms with Crippen LogP contribution >= 0.6 is 11.3 Å². The number of carbonyl (C=O) groups is 1. The molecule has 6 nitrogen and oxygen atoms in total. The molecule has 2 N–H and O–H groups in total. The van der Waals surface area contributed by atoms with E-state index in [0.29, 0.717) is 17.2 Å². The topological polar surface area (TPSA) is 88.9 Å². The van der Waals surface area contributed by atoms with E-state index >= 15 is 0 Å². The van der Waals surface area contributed by atoms with Crippen LogP contribution < -0.4 is 9.47 Å². The first-order valence-corrected chi connectivity index (χ1v) is 6.60. The zero-order valence-corrected chi connectivity index (χ0v) is 11.5. The first-order chi connectivity index (χ1) is 9.63. The molecule has 0 atom stereocenters. The van der Waals surface area contributed by atoms with Crippen LogP contribution in [0, 0.1) is 0 Å². The lowest BCUT2D eigenvalue weighted by Crippen LogP contribution is -2.00. The number of carboxylic acid groups (broad SMARTS) is 1. The van der Waals surface area contributed by atoms with Gasteiger partial charge in [-0.2, -0.15) is 0 Å².